The summed E-state index contributed by atoms with van der Waals surface area (Å²) in [5.41, 5.74) is 3.03. The molecule has 0 radical (unpaired) electrons. The number of nitrogens with one attached hydrogen (secondary N) is 1. The molecule has 33 heavy (non-hydrogen) atoms. The first-order valence-corrected chi connectivity index (χ1v) is 12.4. The van der Waals surface area contributed by atoms with E-state index in [0.717, 1.165) is 49.0 Å². The van der Waals surface area contributed by atoms with Crippen LogP contribution in [0.5, 0.6) is 0 Å². The van der Waals surface area contributed by atoms with Crippen molar-refractivity contribution in [3.05, 3.63) is 53.9 Å². The Bertz CT molecular complexity index is 914. The van der Waals surface area contributed by atoms with E-state index in [1.54, 1.807) is 4.90 Å². The molecule has 0 saturated heterocycles. The molecule has 1 aromatic heterocycles. The van der Waals surface area contributed by atoms with Gasteiger partial charge in [-0.2, -0.15) is 0 Å². The maximum absolute atomic E-state index is 13.5. The normalized spacial score (nSPS) is 14.3. The van der Waals surface area contributed by atoms with Crippen LogP contribution in [0.1, 0.15) is 64.1 Å². The van der Waals surface area contributed by atoms with Gasteiger partial charge in [-0.05, 0) is 48.9 Å². The van der Waals surface area contributed by atoms with Crippen LogP contribution < -0.4 is 5.32 Å². The van der Waals surface area contributed by atoms with Crippen molar-refractivity contribution in [2.45, 2.75) is 71.9 Å². The van der Waals surface area contributed by atoms with E-state index in [1.165, 1.54) is 6.42 Å². The van der Waals surface area contributed by atoms with Crippen LogP contribution in [0.25, 0.3) is 0 Å². The van der Waals surface area contributed by atoms with Gasteiger partial charge in [-0.3, -0.25) is 4.79 Å². The average molecular weight is 453 g/mol. The first-order chi connectivity index (χ1) is 15.9. The molecule has 1 aliphatic rings. The molecule has 1 heterocycles. The van der Waals surface area contributed by atoms with Crippen LogP contribution in [0.2, 0.25) is 0 Å². The lowest BCUT2D eigenvalue weighted by Crippen LogP contribution is -2.50. The third kappa shape index (κ3) is 6.86. The van der Waals surface area contributed by atoms with Crippen LogP contribution in [0.3, 0.4) is 0 Å². The molecular weight excluding hydrogens is 412 g/mol. The van der Waals surface area contributed by atoms with Crippen LogP contribution in [0, 0.1) is 5.92 Å². The van der Waals surface area contributed by atoms with Crippen LogP contribution >= 0.6 is 0 Å². The van der Waals surface area contributed by atoms with Crippen molar-refractivity contribution in [2.75, 3.05) is 18.4 Å². The number of carbonyl (C=O) groups excluding carboxylic acids is 2. The van der Waals surface area contributed by atoms with Crippen LogP contribution in [-0.2, 0) is 24.8 Å². The van der Waals surface area contributed by atoms with Gasteiger partial charge in [0.25, 0.3) is 0 Å². The Morgan fingerprint density at radius 1 is 1.09 bits per heavy atom. The molecule has 0 bridgehead atoms. The van der Waals surface area contributed by atoms with Gasteiger partial charge in [0.2, 0.25) is 5.91 Å². The summed E-state index contributed by atoms with van der Waals surface area (Å²) < 4.78 is 2.05. The Morgan fingerprint density at radius 3 is 2.45 bits per heavy atom. The quantitative estimate of drug-likeness (QED) is 0.551. The molecule has 2 aromatic rings. The van der Waals surface area contributed by atoms with E-state index < -0.39 is 0 Å². The van der Waals surface area contributed by atoms with E-state index in [1.807, 2.05) is 59.1 Å². The second-order valence-electron chi connectivity index (χ2n) is 9.64. The van der Waals surface area contributed by atoms with Gasteiger partial charge in [-0.1, -0.05) is 58.2 Å². The highest BCUT2D eigenvalue weighted by Crippen LogP contribution is 2.25. The summed E-state index contributed by atoms with van der Waals surface area (Å²) in [5.74, 6) is 0.358. The number of rotatable bonds is 9. The summed E-state index contributed by atoms with van der Waals surface area (Å²) in [7, 11) is 2.00. The smallest absolute Gasteiger partial charge is 0.322 e. The van der Waals surface area contributed by atoms with E-state index in [-0.39, 0.29) is 24.5 Å². The molecule has 0 spiro atoms. The molecule has 0 atom stereocenters. The third-order valence-electron chi connectivity index (χ3n) is 6.56. The highest BCUT2D eigenvalue weighted by Gasteiger charge is 2.29. The first kappa shape index (κ1) is 24.9. The SMILES string of the molecule is CCc1ccccc1NC(=O)N(CC(=O)N(Cc1cccn1C)CC(C)C)C1CCCCC1. The van der Waals surface area contributed by atoms with Crippen LogP contribution in [-0.4, -0.2) is 45.4 Å². The van der Waals surface area contributed by atoms with Crippen molar-refractivity contribution in [2.24, 2.45) is 13.0 Å². The van der Waals surface area contributed by atoms with Crippen molar-refractivity contribution < 1.29 is 9.59 Å². The fourth-order valence-corrected chi connectivity index (χ4v) is 4.69. The number of benzene rings is 1. The Kier molecular flexibility index (Phi) is 8.98. The van der Waals surface area contributed by atoms with Gasteiger partial charge >= 0.3 is 6.03 Å². The van der Waals surface area contributed by atoms with Crippen molar-refractivity contribution in [3.8, 4) is 0 Å². The molecule has 1 fully saturated rings. The molecule has 6 heteroatoms. The van der Waals surface area contributed by atoms with Gasteiger partial charge in [0.15, 0.2) is 0 Å². The van der Waals surface area contributed by atoms with Gasteiger partial charge in [0.1, 0.15) is 6.54 Å². The highest BCUT2D eigenvalue weighted by atomic mass is 16.2. The maximum Gasteiger partial charge on any atom is 0.322 e. The zero-order chi connectivity index (χ0) is 23.8. The average Bonchev–Trinajstić information content (AvgIpc) is 3.21. The lowest BCUT2D eigenvalue weighted by molar-refractivity contribution is -0.133. The summed E-state index contributed by atoms with van der Waals surface area (Å²) in [6, 6.07) is 11.9. The minimum Gasteiger partial charge on any atom is -0.353 e. The molecule has 1 N–H and O–H groups in total. The molecule has 1 aliphatic carbocycles. The number of hydrogen-bond donors (Lipinski definition) is 1. The van der Waals surface area contributed by atoms with Crippen molar-refractivity contribution >= 4 is 17.6 Å². The Hall–Kier alpha value is -2.76. The summed E-state index contributed by atoms with van der Waals surface area (Å²) in [6.07, 6.45) is 8.17. The molecule has 0 unspecified atom stereocenters. The molecular formula is C27H40N4O2. The number of nitrogens with zero attached hydrogens (tertiary/aromatic N) is 3. The molecule has 1 saturated carbocycles. The number of para-hydroxylation sites is 1. The Morgan fingerprint density at radius 2 is 1.82 bits per heavy atom. The zero-order valence-electron chi connectivity index (χ0n) is 20.7. The lowest BCUT2D eigenvalue weighted by atomic mass is 9.94. The van der Waals surface area contributed by atoms with Gasteiger partial charge < -0.3 is 19.7 Å². The van der Waals surface area contributed by atoms with E-state index >= 15 is 0 Å². The van der Waals surface area contributed by atoms with Gasteiger partial charge in [0.05, 0.1) is 6.54 Å². The number of hydrogen-bond acceptors (Lipinski definition) is 2. The minimum atomic E-state index is -0.167. The monoisotopic (exact) mass is 452 g/mol. The Balaban J connectivity index is 1.79. The van der Waals surface area contributed by atoms with Crippen LogP contribution in [0.4, 0.5) is 10.5 Å². The van der Waals surface area contributed by atoms with E-state index in [2.05, 4.69) is 26.1 Å². The molecule has 3 rings (SSSR count). The third-order valence-corrected chi connectivity index (χ3v) is 6.56. The van der Waals surface area contributed by atoms with Crippen molar-refractivity contribution in [1.82, 2.24) is 14.4 Å². The molecule has 1 aromatic carbocycles. The topological polar surface area (TPSA) is 57.6 Å². The fraction of sp³-hybridized carbons (Fsp3) is 0.556. The largest absolute Gasteiger partial charge is 0.353 e. The van der Waals surface area contributed by atoms with Crippen molar-refractivity contribution in [1.29, 1.82) is 0 Å². The summed E-state index contributed by atoms with van der Waals surface area (Å²) in [4.78, 5) is 30.7. The number of carbonyl (C=O) groups is 2. The number of urea groups is 1. The highest BCUT2D eigenvalue weighted by molar-refractivity contribution is 5.93. The predicted octanol–water partition coefficient (Wildman–Crippen LogP) is 5.44. The predicted molar refractivity (Wildman–Crippen MR) is 134 cm³/mol. The molecule has 3 amide bonds. The number of aryl methyl sites for hydroxylation is 2. The molecule has 180 valence electrons. The second kappa shape index (κ2) is 11.9. The zero-order valence-corrected chi connectivity index (χ0v) is 20.7. The minimum absolute atomic E-state index is 0.00870. The molecule has 0 aliphatic heterocycles. The maximum atomic E-state index is 13.5. The summed E-state index contributed by atoms with van der Waals surface area (Å²) in [5, 5.41) is 3.11. The van der Waals surface area contributed by atoms with Crippen molar-refractivity contribution in [3.63, 3.8) is 0 Å². The van der Waals surface area contributed by atoms with Crippen LogP contribution in [0.15, 0.2) is 42.6 Å². The summed E-state index contributed by atoms with van der Waals surface area (Å²) in [6.45, 7) is 7.67. The summed E-state index contributed by atoms with van der Waals surface area (Å²) >= 11 is 0. The number of anilines is 1. The lowest BCUT2D eigenvalue weighted by Gasteiger charge is -2.36. The van der Waals surface area contributed by atoms with Gasteiger partial charge in [-0.15, -0.1) is 0 Å². The van der Waals surface area contributed by atoms with E-state index in [9.17, 15) is 9.59 Å². The van der Waals surface area contributed by atoms with Gasteiger partial charge in [-0.25, -0.2) is 4.79 Å². The van der Waals surface area contributed by atoms with E-state index in [4.69, 9.17) is 0 Å². The standard InChI is InChI=1S/C27H40N4O2/c1-5-22-12-9-10-16-25(22)28-27(33)31(23-13-7-6-8-14-23)20-26(32)30(18-21(2)3)19-24-15-11-17-29(24)4/h9-12,15-17,21,23H,5-8,13-14,18-20H2,1-4H3,(H,28,33). The first-order valence-electron chi connectivity index (χ1n) is 12.4. The number of aromatic nitrogens is 1. The fourth-order valence-electron chi connectivity index (χ4n) is 4.69. The van der Waals surface area contributed by atoms with Gasteiger partial charge in [0, 0.05) is 37.2 Å². The molecule has 6 nitrogen and oxygen atoms in total. The Labute approximate surface area is 198 Å². The number of amides is 3. The second-order valence-corrected chi connectivity index (χ2v) is 9.64. The van der Waals surface area contributed by atoms with E-state index in [0.29, 0.717) is 19.0 Å².